The molecule has 8 heavy (non-hydrogen) atoms. The SMILES string of the molecule is C[C@@H](O)CCC(N)=O. The van der Waals surface area contributed by atoms with Crippen molar-refractivity contribution in [2.45, 2.75) is 25.9 Å². The van der Waals surface area contributed by atoms with Crippen LogP contribution in [0.5, 0.6) is 0 Å². The molecule has 3 heteroatoms. The van der Waals surface area contributed by atoms with Gasteiger partial charge in [0.1, 0.15) is 0 Å². The summed E-state index contributed by atoms with van der Waals surface area (Å²) in [5.74, 6) is -0.356. The largest absolute Gasteiger partial charge is 0.393 e. The van der Waals surface area contributed by atoms with Gasteiger partial charge < -0.3 is 10.8 Å². The van der Waals surface area contributed by atoms with Crippen LogP contribution in [0.2, 0.25) is 0 Å². The molecular weight excluding hydrogens is 106 g/mol. The van der Waals surface area contributed by atoms with Crippen molar-refractivity contribution < 1.29 is 9.90 Å². The van der Waals surface area contributed by atoms with Crippen molar-refractivity contribution in [1.29, 1.82) is 0 Å². The summed E-state index contributed by atoms with van der Waals surface area (Å²) in [6.07, 6.45) is 0.329. The maximum Gasteiger partial charge on any atom is 0.217 e. The van der Waals surface area contributed by atoms with Crippen LogP contribution in [0.15, 0.2) is 0 Å². The number of hydrogen-bond donors (Lipinski definition) is 2. The molecule has 0 fully saturated rings. The number of nitrogens with two attached hydrogens (primary N) is 1. The minimum Gasteiger partial charge on any atom is -0.393 e. The first-order valence-electron chi connectivity index (χ1n) is 2.59. The maximum absolute atomic E-state index is 10.0. The van der Waals surface area contributed by atoms with Crippen LogP contribution in [0.3, 0.4) is 0 Å². The van der Waals surface area contributed by atoms with Crippen LogP contribution in [0.4, 0.5) is 0 Å². The van der Waals surface area contributed by atoms with Crippen molar-refractivity contribution in [3.05, 3.63) is 0 Å². The van der Waals surface area contributed by atoms with Gasteiger partial charge in [0.2, 0.25) is 5.91 Å². The molecule has 0 unspecified atom stereocenters. The Bertz CT molecular complexity index is 80.5. The first-order valence-corrected chi connectivity index (χ1v) is 2.59. The molecule has 3 nitrogen and oxygen atoms in total. The normalized spacial score (nSPS) is 13.2. The molecule has 48 valence electrons. The molecular formula is C5H11NO2. The summed E-state index contributed by atoms with van der Waals surface area (Å²) in [4.78, 5) is 10.0. The van der Waals surface area contributed by atoms with E-state index in [1.807, 2.05) is 0 Å². The first kappa shape index (κ1) is 7.43. The monoisotopic (exact) mass is 117 g/mol. The molecule has 0 heterocycles. The third kappa shape index (κ3) is 5.43. The van der Waals surface area contributed by atoms with Crippen molar-refractivity contribution in [3.63, 3.8) is 0 Å². The van der Waals surface area contributed by atoms with Crippen LogP contribution in [0.1, 0.15) is 19.8 Å². The molecule has 0 radical (unpaired) electrons. The lowest BCUT2D eigenvalue weighted by atomic mass is 10.2. The molecule has 0 aromatic carbocycles. The van der Waals surface area contributed by atoms with E-state index in [0.717, 1.165) is 0 Å². The van der Waals surface area contributed by atoms with Gasteiger partial charge in [0, 0.05) is 6.42 Å². The van der Waals surface area contributed by atoms with E-state index in [2.05, 4.69) is 0 Å². The average Bonchev–Trinajstić information content (AvgIpc) is 1.61. The lowest BCUT2D eigenvalue weighted by Crippen LogP contribution is -2.13. The molecule has 3 N–H and O–H groups in total. The Morgan fingerprint density at radius 3 is 2.50 bits per heavy atom. The second kappa shape index (κ2) is 3.43. The average molecular weight is 117 g/mol. The van der Waals surface area contributed by atoms with Crippen molar-refractivity contribution >= 4 is 5.91 Å². The standard InChI is InChI=1S/C5H11NO2/c1-4(7)2-3-5(6)8/h4,7H,2-3H2,1H3,(H2,6,8)/t4-/m1/s1. The Kier molecular flexibility index (Phi) is 3.19. The predicted octanol–water partition coefficient (Wildman–Crippen LogP) is -0.367. The van der Waals surface area contributed by atoms with Gasteiger partial charge in [-0.1, -0.05) is 0 Å². The second-order valence-corrected chi connectivity index (χ2v) is 1.85. The number of carbonyl (C=O) groups is 1. The molecule has 0 saturated heterocycles. The van der Waals surface area contributed by atoms with E-state index >= 15 is 0 Å². The maximum atomic E-state index is 10.0. The summed E-state index contributed by atoms with van der Waals surface area (Å²) in [5, 5.41) is 8.59. The second-order valence-electron chi connectivity index (χ2n) is 1.85. The highest BCUT2D eigenvalue weighted by atomic mass is 16.3. The van der Waals surface area contributed by atoms with Crippen LogP contribution in [-0.4, -0.2) is 17.1 Å². The Morgan fingerprint density at radius 2 is 2.38 bits per heavy atom. The van der Waals surface area contributed by atoms with Gasteiger partial charge in [-0.15, -0.1) is 0 Å². The number of aliphatic hydroxyl groups is 1. The van der Waals surface area contributed by atoms with E-state index in [4.69, 9.17) is 10.8 Å². The summed E-state index contributed by atoms with van der Waals surface area (Å²) in [7, 11) is 0. The third-order valence-corrected chi connectivity index (χ3v) is 0.809. The summed E-state index contributed by atoms with van der Waals surface area (Å²) in [6, 6.07) is 0. The van der Waals surface area contributed by atoms with Gasteiger partial charge in [-0.3, -0.25) is 4.79 Å². The Morgan fingerprint density at radius 1 is 1.88 bits per heavy atom. The van der Waals surface area contributed by atoms with E-state index in [1.54, 1.807) is 6.92 Å². The highest BCUT2D eigenvalue weighted by Gasteiger charge is 1.97. The van der Waals surface area contributed by atoms with Crippen LogP contribution >= 0.6 is 0 Å². The van der Waals surface area contributed by atoms with Gasteiger partial charge in [-0.2, -0.15) is 0 Å². The van der Waals surface area contributed by atoms with Crippen LogP contribution < -0.4 is 5.73 Å². The molecule has 0 spiro atoms. The quantitative estimate of drug-likeness (QED) is 0.530. The number of hydrogen-bond acceptors (Lipinski definition) is 2. The van der Waals surface area contributed by atoms with Crippen molar-refractivity contribution in [3.8, 4) is 0 Å². The summed E-state index contributed by atoms with van der Waals surface area (Å²) in [6.45, 7) is 1.63. The van der Waals surface area contributed by atoms with Gasteiger partial charge in [0.25, 0.3) is 0 Å². The molecule has 0 aromatic heterocycles. The lowest BCUT2D eigenvalue weighted by Gasteiger charge is -1.97. The summed E-state index contributed by atoms with van der Waals surface area (Å²) < 4.78 is 0. The van der Waals surface area contributed by atoms with E-state index in [-0.39, 0.29) is 12.3 Å². The fourth-order valence-electron chi connectivity index (χ4n) is 0.351. The first-order chi connectivity index (χ1) is 3.63. The van der Waals surface area contributed by atoms with Gasteiger partial charge >= 0.3 is 0 Å². The van der Waals surface area contributed by atoms with Gasteiger partial charge in [0.15, 0.2) is 0 Å². The molecule has 0 aromatic rings. The zero-order valence-electron chi connectivity index (χ0n) is 4.92. The molecule has 0 aliphatic rings. The van der Waals surface area contributed by atoms with Crippen LogP contribution in [0, 0.1) is 0 Å². The van der Waals surface area contributed by atoms with Crippen LogP contribution in [-0.2, 0) is 4.79 Å². The minimum atomic E-state index is -0.414. The van der Waals surface area contributed by atoms with Crippen molar-refractivity contribution in [2.75, 3.05) is 0 Å². The summed E-state index contributed by atoms with van der Waals surface area (Å²) in [5.41, 5.74) is 4.79. The molecule has 0 rings (SSSR count). The number of rotatable bonds is 3. The fraction of sp³-hybridized carbons (Fsp3) is 0.800. The predicted molar refractivity (Wildman–Crippen MR) is 30.1 cm³/mol. The molecule has 0 bridgehead atoms. The van der Waals surface area contributed by atoms with Crippen LogP contribution in [0.25, 0.3) is 0 Å². The van der Waals surface area contributed by atoms with Crippen molar-refractivity contribution in [2.24, 2.45) is 5.73 Å². The van der Waals surface area contributed by atoms with Gasteiger partial charge in [-0.25, -0.2) is 0 Å². The molecule has 0 aliphatic carbocycles. The molecule has 0 saturated carbocycles. The number of aliphatic hydroxyl groups excluding tert-OH is 1. The summed E-state index contributed by atoms with van der Waals surface area (Å²) >= 11 is 0. The Labute approximate surface area is 48.5 Å². The van der Waals surface area contributed by atoms with E-state index < -0.39 is 6.10 Å². The molecule has 1 amide bonds. The Balaban J connectivity index is 3.05. The number of amides is 1. The zero-order chi connectivity index (χ0) is 6.57. The minimum absolute atomic E-state index is 0.275. The third-order valence-electron chi connectivity index (χ3n) is 0.809. The Hall–Kier alpha value is -0.570. The highest BCUT2D eigenvalue weighted by Crippen LogP contribution is 1.92. The number of carbonyl (C=O) groups excluding carboxylic acids is 1. The van der Waals surface area contributed by atoms with Gasteiger partial charge in [-0.05, 0) is 13.3 Å². The lowest BCUT2D eigenvalue weighted by molar-refractivity contribution is -0.118. The highest BCUT2D eigenvalue weighted by molar-refractivity contribution is 5.73. The molecule has 0 aliphatic heterocycles. The fourth-order valence-corrected chi connectivity index (χ4v) is 0.351. The topological polar surface area (TPSA) is 63.3 Å². The number of primary amides is 1. The van der Waals surface area contributed by atoms with E-state index in [9.17, 15) is 4.79 Å². The van der Waals surface area contributed by atoms with Gasteiger partial charge in [0.05, 0.1) is 6.10 Å². The molecule has 1 atom stereocenters. The van der Waals surface area contributed by atoms with E-state index in [1.165, 1.54) is 0 Å². The zero-order valence-corrected chi connectivity index (χ0v) is 4.92. The van der Waals surface area contributed by atoms with E-state index in [0.29, 0.717) is 6.42 Å². The smallest absolute Gasteiger partial charge is 0.217 e. The van der Waals surface area contributed by atoms with Crippen molar-refractivity contribution in [1.82, 2.24) is 0 Å².